The highest BCUT2D eigenvalue weighted by molar-refractivity contribution is 7.88. The topological polar surface area (TPSA) is 66.5 Å². The van der Waals surface area contributed by atoms with Crippen LogP contribution in [0.4, 0.5) is 0 Å². The van der Waals surface area contributed by atoms with Crippen LogP contribution in [0.25, 0.3) is 0 Å². The first-order chi connectivity index (χ1) is 15.2. The van der Waals surface area contributed by atoms with Crippen LogP contribution in [0.15, 0.2) is 36.4 Å². The maximum Gasteiger partial charge on any atom is 0.224 e. The number of hydrogen-bond acceptors (Lipinski definition) is 3. The molecule has 0 bridgehead atoms. The van der Waals surface area contributed by atoms with Crippen molar-refractivity contribution in [3.63, 3.8) is 0 Å². The zero-order valence-electron chi connectivity index (χ0n) is 18.5. The number of rotatable bonds is 8. The number of amides is 1. The lowest BCUT2D eigenvalue weighted by Gasteiger charge is -2.31. The Bertz CT molecular complexity index is 1050. The van der Waals surface area contributed by atoms with E-state index in [4.69, 9.17) is 23.2 Å². The van der Waals surface area contributed by atoms with Crippen LogP contribution in [-0.4, -0.2) is 31.7 Å². The van der Waals surface area contributed by atoms with Gasteiger partial charge in [0.05, 0.1) is 11.7 Å². The van der Waals surface area contributed by atoms with Gasteiger partial charge in [-0.15, -0.1) is 0 Å². The average molecular weight is 497 g/mol. The Morgan fingerprint density at radius 1 is 1.09 bits per heavy atom. The SMILES string of the molecule is CCc1ccc(CC)c(CNC(=O)[C@@H]2CCCN(S(=O)(=O)Cc3c(Cl)cccc3Cl)C2)c1. The first-order valence-electron chi connectivity index (χ1n) is 11.0. The summed E-state index contributed by atoms with van der Waals surface area (Å²) in [6.07, 6.45) is 3.14. The number of piperidine rings is 1. The lowest BCUT2D eigenvalue weighted by molar-refractivity contribution is -0.126. The molecule has 0 unspecified atom stereocenters. The van der Waals surface area contributed by atoms with Gasteiger partial charge in [-0.05, 0) is 54.5 Å². The number of carbonyl (C=O) groups excluding carboxylic acids is 1. The third kappa shape index (κ3) is 6.04. The normalized spacial score (nSPS) is 17.3. The van der Waals surface area contributed by atoms with Gasteiger partial charge in [0.15, 0.2) is 0 Å². The first kappa shape index (κ1) is 25.0. The zero-order valence-corrected chi connectivity index (χ0v) is 20.9. The zero-order chi connectivity index (χ0) is 23.3. The van der Waals surface area contributed by atoms with Gasteiger partial charge in [-0.2, -0.15) is 0 Å². The van der Waals surface area contributed by atoms with Gasteiger partial charge < -0.3 is 5.32 Å². The minimum absolute atomic E-state index is 0.107. The monoisotopic (exact) mass is 496 g/mol. The fourth-order valence-electron chi connectivity index (χ4n) is 4.09. The van der Waals surface area contributed by atoms with Gasteiger partial charge >= 0.3 is 0 Å². The Kier molecular flexibility index (Phi) is 8.62. The van der Waals surface area contributed by atoms with Crippen LogP contribution in [0, 0.1) is 5.92 Å². The van der Waals surface area contributed by atoms with Crippen molar-refractivity contribution in [3.8, 4) is 0 Å². The van der Waals surface area contributed by atoms with Crippen molar-refractivity contribution in [1.29, 1.82) is 0 Å². The second-order valence-corrected chi connectivity index (χ2v) is 11.0. The molecular formula is C24H30Cl2N2O3S. The van der Waals surface area contributed by atoms with Crippen LogP contribution in [0.3, 0.4) is 0 Å². The standard InChI is InChI=1S/C24H30Cl2N2O3S/c1-3-17-10-11-18(4-2)20(13-17)14-27-24(29)19-7-6-12-28(15-19)32(30,31)16-21-22(25)8-5-9-23(21)26/h5,8-11,13,19H,3-4,6-7,12,14-16H2,1-2H3,(H,27,29)/t19-/m1/s1. The molecule has 32 heavy (non-hydrogen) atoms. The molecule has 1 N–H and O–H groups in total. The number of hydrogen-bond donors (Lipinski definition) is 1. The molecule has 2 aromatic carbocycles. The quantitative estimate of drug-likeness (QED) is 0.560. The van der Waals surface area contributed by atoms with Gasteiger partial charge in [0, 0.05) is 35.2 Å². The van der Waals surface area contributed by atoms with E-state index in [2.05, 4.69) is 37.4 Å². The lowest BCUT2D eigenvalue weighted by Crippen LogP contribution is -2.45. The number of carbonyl (C=O) groups is 1. The van der Waals surface area contributed by atoms with Crippen LogP contribution in [0.2, 0.25) is 10.0 Å². The van der Waals surface area contributed by atoms with Gasteiger partial charge in [0.2, 0.25) is 15.9 Å². The van der Waals surface area contributed by atoms with Crippen molar-refractivity contribution in [2.45, 2.75) is 51.8 Å². The fraction of sp³-hybridized carbons (Fsp3) is 0.458. The summed E-state index contributed by atoms with van der Waals surface area (Å²) in [6, 6.07) is 11.3. The van der Waals surface area contributed by atoms with Gasteiger partial charge in [-0.3, -0.25) is 4.79 Å². The van der Waals surface area contributed by atoms with Crippen molar-refractivity contribution in [3.05, 3.63) is 68.7 Å². The molecule has 0 radical (unpaired) electrons. The molecule has 0 aromatic heterocycles. The molecule has 1 aliphatic heterocycles. The van der Waals surface area contributed by atoms with E-state index in [1.807, 2.05) is 0 Å². The van der Waals surface area contributed by atoms with E-state index >= 15 is 0 Å². The Morgan fingerprint density at radius 3 is 2.47 bits per heavy atom. The van der Waals surface area contributed by atoms with E-state index in [-0.39, 0.29) is 24.1 Å². The average Bonchev–Trinajstić information content (AvgIpc) is 2.79. The second-order valence-electron chi connectivity index (χ2n) is 8.18. The summed E-state index contributed by atoms with van der Waals surface area (Å²) in [7, 11) is -3.65. The molecule has 1 amide bonds. The van der Waals surface area contributed by atoms with Crippen molar-refractivity contribution >= 4 is 39.1 Å². The number of aryl methyl sites for hydroxylation is 2. The maximum absolute atomic E-state index is 13.0. The van der Waals surface area contributed by atoms with Gasteiger partial charge in [0.1, 0.15) is 0 Å². The van der Waals surface area contributed by atoms with Gasteiger partial charge in [-0.25, -0.2) is 12.7 Å². The van der Waals surface area contributed by atoms with Crippen molar-refractivity contribution < 1.29 is 13.2 Å². The van der Waals surface area contributed by atoms with E-state index < -0.39 is 10.0 Å². The first-order valence-corrected chi connectivity index (χ1v) is 13.4. The van der Waals surface area contributed by atoms with E-state index in [0.717, 1.165) is 18.4 Å². The molecule has 3 rings (SSSR count). The maximum atomic E-state index is 13.0. The molecule has 1 saturated heterocycles. The molecule has 0 saturated carbocycles. The number of sulfonamides is 1. The summed E-state index contributed by atoms with van der Waals surface area (Å²) < 4.78 is 27.5. The molecule has 1 atom stereocenters. The molecule has 8 heteroatoms. The molecule has 1 aliphatic rings. The van der Waals surface area contributed by atoms with Crippen LogP contribution in [0.5, 0.6) is 0 Å². The highest BCUT2D eigenvalue weighted by Crippen LogP contribution is 2.29. The second kappa shape index (κ2) is 11.0. The molecule has 174 valence electrons. The summed E-state index contributed by atoms with van der Waals surface area (Å²) in [5, 5.41) is 3.69. The Morgan fingerprint density at radius 2 is 1.81 bits per heavy atom. The Labute approximate surface area is 201 Å². The summed E-state index contributed by atoms with van der Waals surface area (Å²) in [5.41, 5.74) is 3.96. The van der Waals surface area contributed by atoms with E-state index in [0.29, 0.717) is 41.5 Å². The number of nitrogens with one attached hydrogen (secondary N) is 1. The third-order valence-electron chi connectivity index (χ3n) is 6.05. The minimum Gasteiger partial charge on any atom is -0.352 e. The Balaban J connectivity index is 1.66. The third-order valence-corrected chi connectivity index (χ3v) is 8.53. The molecular weight excluding hydrogens is 467 g/mol. The number of benzene rings is 2. The van der Waals surface area contributed by atoms with Crippen molar-refractivity contribution in [2.24, 2.45) is 5.92 Å². The number of nitrogens with zero attached hydrogens (tertiary/aromatic N) is 1. The van der Waals surface area contributed by atoms with E-state index in [1.165, 1.54) is 15.4 Å². The van der Waals surface area contributed by atoms with Crippen molar-refractivity contribution in [2.75, 3.05) is 13.1 Å². The molecule has 0 spiro atoms. The summed E-state index contributed by atoms with van der Waals surface area (Å²) in [4.78, 5) is 12.9. The molecule has 1 fully saturated rings. The predicted molar refractivity (Wildman–Crippen MR) is 130 cm³/mol. The Hall–Kier alpha value is -1.60. The van der Waals surface area contributed by atoms with Gasteiger partial charge in [-0.1, -0.05) is 61.3 Å². The van der Waals surface area contributed by atoms with Crippen molar-refractivity contribution in [1.82, 2.24) is 9.62 Å². The molecule has 2 aromatic rings. The number of halogens is 2. The smallest absolute Gasteiger partial charge is 0.224 e. The van der Waals surface area contributed by atoms with E-state index in [1.54, 1.807) is 18.2 Å². The van der Waals surface area contributed by atoms with E-state index in [9.17, 15) is 13.2 Å². The molecule has 5 nitrogen and oxygen atoms in total. The lowest BCUT2D eigenvalue weighted by atomic mass is 9.97. The predicted octanol–water partition coefficient (Wildman–Crippen LogP) is 4.98. The fourth-order valence-corrected chi connectivity index (χ4v) is 6.45. The summed E-state index contributed by atoms with van der Waals surface area (Å²) >= 11 is 12.3. The summed E-state index contributed by atoms with van der Waals surface area (Å²) in [6.45, 7) is 5.23. The molecule has 1 heterocycles. The van der Waals surface area contributed by atoms with Crippen LogP contribution < -0.4 is 5.32 Å². The highest BCUT2D eigenvalue weighted by Gasteiger charge is 2.33. The summed E-state index contributed by atoms with van der Waals surface area (Å²) in [5.74, 6) is -0.756. The van der Waals surface area contributed by atoms with Gasteiger partial charge in [0.25, 0.3) is 0 Å². The van der Waals surface area contributed by atoms with Crippen LogP contribution >= 0.6 is 23.2 Å². The highest BCUT2D eigenvalue weighted by atomic mass is 35.5. The molecule has 0 aliphatic carbocycles. The largest absolute Gasteiger partial charge is 0.352 e. The van der Waals surface area contributed by atoms with Crippen LogP contribution in [0.1, 0.15) is 48.9 Å². The minimum atomic E-state index is -3.65. The van der Waals surface area contributed by atoms with Crippen LogP contribution in [-0.2, 0) is 40.0 Å².